The first-order valence-corrected chi connectivity index (χ1v) is 7.82. The van der Waals surface area contributed by atoms with Gasteiger partial charge in [0.1, 0.15) is 11.6 Å². The third-order valence-corrected chi connectivity index (χ3v) is 2.86. The molecule has 1 aromatic heterocycles. The average molecular weight is 281 g/mol. The van der Waals surface area contributed by atoms with Crippen molar-refractivity contribution >= 4 is 5.82 Å². The van der Waals surface area contributed by atoms with Gasteiger partial charge < -0.3 is 14.5 Å². The molecule has 2 heterocycles. The Morgan fingerprint density at radius 3 is 2.25 bits per heavy atom. The number of hydrogen-bond donors (Lipinski definition) is 0. The van der Waals surface area contributed by atoms with Crippen LogP contribution in [0.25, 0.3) is 0 Å². The molecular weight excluding hydrogens is 250 g/mol. The molecule has 0 atom stereocenters. The molecule has 20 heavy (non-hydrogen) atoms. The van der Waals surface area contributed by atoms with Gasteiger partial charge in [-0.1, -0.05) is 27.7 Å². The second kappa shape index (κ2) is 11.5. The van der Waals surface area contributed by atoms with Gasteiger partial charge in [-0.3, -0.25) is 0 Å². The summed E-state index contributed by atoms with van der Waals surface area (Å²) < 4.78 is 5.48. The van der Waals surface area contributed by atoms with Crippen molar-refractivity contribution in [3.05, 3.63) is 18.3 Å². The molecule has 0 saturated carbocycles. The van der Waals surface area contributed by atoms with E-state index >= 15 is 0 Å². The Labute approximate surface area is 124 Å². The predicted molar refractivity (Wildman–Crippen MR) is 87.8 cm³/mol. The molecule has 0 radical (unpaired) electrons. The van der Waals surface area contributed by atoms with Crippen LogP contribution in [-0.2, 0) is 0 Å². The average Bonchev–Trinajstić information content (AvgIpc) is 2.53. The van der Waals surface area contributed by atoms with Crippen molar-refractivity contribution in [3.63, 3.8) is 0 Å². The van der Waals surface area contributed by atoms with E-state index in [1.807, 2.05) is 52.9 Å². The molecule has 116 valence electrons. The largest absolute Gasteiger partial charge is 0.494 e. The second-order valence-corrected chi connectivity index (χ2v) is 4.07. The minimum atomic E-state index is 0.701. The van der Waals surface area contributed by atoms with Crippen LogP contribution in [0.1, 0.15) is 34.6 Å². The van der Waals surface area contributed by atoms with E-state index in [9.17, 15) is 0 Å². The minimum absolute atomic E-state index is 0.701. The molecule has 0 amide bonds. The van der Waals surface area contributed by atoms with Crippen molar-refractivity contribution < 1.29 is 4.74 Å². The monoisotopic (exact) mass is 281 g/mol. The van der Waals surface area contributed by atoms with Gasteiger partial charge in [-0.15, -0.1) is 0 Å². The zero-order valence-electron chi connectivity index (χ0n) is 14.0. The second-order valence-electron chi connectivity index (χ2n) is 4.07. The third kappa shape index (κ3) is 6.24. The van der Waals surface area contributed by atoms with E-state index in [0.29, 0.717) is 6.61 Å². The molecule has 4 heteroatoms. The fraction of sp³-hybridized carbons (Fsp3) is 0.688. The number of nitrogens with zero attached hydrogens (tertiary/aromatic N) is 3. The van der Waals surface area contributed by atoms with Crippen LogP contribution in [0, 0.1) is 0 Å². The molecule has 0 spiro atoms. The number of rotatable bonds is 3. The van der Waals surface area contributed by atoms with Gasteiger partial charge in [0.05, 0.1) is 6.61 Å². The van der Waals surface area contributed by atoms with Gasteiger partial charge in [0.15, 0.2) is 0 Å². The predicted octanol–water partition coefficient (Wildman–Crippen LogP) is 3.28. The van der Waals surface area contributed by atoms with Crippen molar-refractivity contribution in [2.75, 3.05) is 44.7 Å². The molecule has 1 aromatic rings. The lowest BCUT2D eigenvalue weighted by atomic mass is 10.3. The van der Waals surface area contributed by atoms with Crippen molar-refractivity contribution in [2.45, 2.75) is 34.6 Å². The topological polar surface area (TPSA) is 28.6 Å². The Balaban J connectivity index is 0.000000829. The summed E-state index contributed by atoms with van der Waals surface area (Å²) in [5.41, 5.74) is 0. The van der Waals surface area contributed by atoms with Crippen LogP contribution in [0.5, 0.6) is 5.75 Å². The first-order valence-electron chi connectivity index (χ1n) is 7.82. The van der Waals surface area contributed by atoms with Gasteiger partial charge in [0.25, 0.3) is 0 Å². The first-order chi connectivity index (χ1) is 9.79. The highest BCUT2D eigenvalue weighted by atomic mass is 16.5. The van der Waals surface area contributed by atoms with Gasteiger partial charge in [-0.05, 0) is 20.0 Å². The van der Waals surface area contributed by atoms with Crippen LogP contribution in [0.15, 0.2) is 18.3 Å². The quantitative estimate of drug-likeness (QED) is 0.850. The fourth-order valence-corrected chi connectivity index (χ4v) is 1.86. The number of pyridine rings is 1. The lowest BCUT2D eigenvalue weighted by Crippen LogP contribution is -2.44. The lowest BCUT2D eigenvalue weighted by molar-refractivity contribution is 0.311. The molecule has 0 aliphatic carbocycles. The van der Waals surface area contributed by atoms with Crippen molar-refractivity contribution in [3.8, 4) is 5.75 Å². The van der Waals surface area contributed by atoms with E-state index in [1.54, 1.807) is 0 Å². The molecule has 1 saturated heterocycles. The van der Waals surface area contributed by atoms with E-state index in [2.05, 4.69) is 21.8 Å². The molecule has 0 N–H and O–H groups in total. The summed E-state index contributed by atoms with van der Waals surface area (Å²) in [5, 5.41) is 0. The summed E-state index contributed by atoms with van der Waals surface area (Å²) in [4.78, 5) is 9.04. The van der Waals surface area contributed by atoms with E-state index in [1.165, 1.54) is 0 Å². The minimum Gasteiger partial charge on any atom is -0.494 e. The maximum atomic E-state index is 5.48. The van der Waals surface area contributed by atoms with Crippen LogP contribution in [0.4, 0.5) is 5.82 Å². The van der Waals surface area contributed by atoms with Gasteiger partial charge in [-0.25, -0.2) is 4.98 Å². The van der Waals surface area contributed by atoms with Crippen LogP contribution in [-0.4, -0.2) is 49.7 Å². The maximum absolute atomic E-state index is 5.48. The summed E-state index contributed by atoms with van der Waals surface area (Å²) in [6.45, 7) is 15.0. The highest BCUT2D eigenvalue weighted by molar-refractivity contribution is 5.44. The highest BCUT2D eigenvalue weighted by Gasteiger charge is 2.15. The third-order valence-electron chi connectivity index (χ3n) is 2.86. The molecule has 0 bridgehead atoms. The Morgan fingerprint density at radius 1 is 1.10 bits per heavy atom. The van der Waals surface area contributed by atoms with Crippen LogP contribution >= 0.6 is 0 Å². The van der Waals surface area contributed by atoms with Gasteiger partial charge in [-0.2, -0.15) is 0 Å². The van der Waals surface area contributed by atoms with Crippen molar-refractivity contribution in [2.24, 2.45) is 0 Å². The number of anilines is 1. The summed E-state index contributed by atoms with van der Waals surface area (Å²) in [6.07, 6.45) is 1.82. The molecule has 2 rings (SSSR count). The highest BCUT2D eigenvalue weighted by Crippen LogP contribution is 2.19. The van der Waals surface area contributed by atoms with Gasteiger partial charge in [0, 0.05) is 38.4 Å². The summed E-state index contributed by atoms with van der Waals surface area (Å²) in [7, 11) is 2.15. The van der Waals surface area contributed by atoms with Crippen LogP contribution < -0.4 is 9.64 Å². The zero-order valence-corrected chi connectivity index (χ0v) is 14.0. The lowest BCUT2D eigenvalue weighted by Gasteiger charge is -2.33. The normalized spacial score (nSPS) is 14.6. The molecule has 1 aliphatic heterocycles. The number of ether oxygens (including phenoxy) is 1. The van der Waals surface area contributed by atoms with Crippen molar-refractivity contribution in [1.29, 1.82) is 0 Å². The summed E-state index contributed by atoms with van der Waals surface area (Å²) >= 11 is 0. The SMILES string of the molecule is CC.CC.CCOc1ccnc(N2CCN(C)CC2)c1. The number of hydrogen-bond acceptors (Lipinski definition) is 4. The molecule has 0 aromatic carbocycles. The van der Waals surface area contributed by atoms with Gasteiger partial charge in [0.2, 0.25) is 0 Å². The van der Waals surface area contributed by atoms with Crippen LogP contribution in [0.3, 0.4) is 0 Å². The standard InChI is InChI=1S/C12H19N3O.2C2H6/c1-3-16-11-4-5-13-12(10-11)15-8-6-14(2)7-9-15;2*1-2/h4-5,10H,3,6-9H2,1-2H3;2*1-2H3. The smallest absolute Gasteiger partial charge is 0.132 e. The van der Waals surface area contributed by atoms with Crippen LogP contribution in [0.2, 0.25) is 0 Å². The Bertz CT molecular complexity index is 336. The summed E-state index contributed by atoms with van der Waals surface area (Å²) in [6, 6.07) is 3.93. The van der Waals surface area contributed by atoms with E-state index in [-0.39, 0.29) is 0 Å². The van der Waals surface area contributed by atoms with E-state index < -0.39 is 0 Å². The van der Waals surface area contributed by atoms with Gasteiger partial charge >= 0.3 is 0 Å². The number of piperazine rings is 1. The molecule has 1 aliphatic rings. The van der Waals surface area contributed by atoms with Crippen molar-refractivity contribution in [1.82, 2.24) is 9.88 Å². The molecular formula is C16H31N3O. The van der Waals surface area contributed by atoms with E-state index in [4.69, 9.17) is 4.74 Å². The molecule has 4 nitrogen and oxygen atoms in total. The van der Waals surface area contributed by atoms with E-state index in [0.717, 1.165) is 37.7 Å². The number of likely N-dealkylation sites (N-methyl/N-ethyl adjacent to an activating group) is 1. The maximum Gasteiger partial charge on any atom is 0.132 e. The summed E-state index contributed by atoms with van der Waals surface area (Å²) in [5.74, 6) is 1.94. The molecule has 1 fully saturated rings. The first kappa shape index (κ1) is 18.7. The Morgan fingerprint density at radius 2 is 1.70 bits per heavy atom. The fourth-order valence-electron chi connectivity index (χ4n) is 1.86. The zero-order chi connectivity index (χ0) is 15.4. The number of aromatic nitrogens is 1. The Kier molecular flexibility index (Phi) is 10.8. The Hall–Kier alpha value is -1.29. The molecule has 0 unspecified atom stereocenters.